The first kappa shape index (κ1) is 25.5. The average Bonchev–Trinajstić information content (AvgIpc) is 3.41. The molecule has 0 radical (unpaired) electrons. The molecule has 3 aromatic heterocycles. The van der Waals surface area contributed by atoms with Gasteiger partial charge in [0, 0.05) is 37.6 Å². The lowest BCUT2D eigenvalue weighted by molar-refractivity contribution is 0.155. The van der Waals surface area contributed by atoms with Crippen molar-refractivity contribution in [2.24, 2.45) is 0 Å². The number of H-pyrrole nitrogens is 1. The third-order valence-electron chi connectivity index (χ3n) is 6.96. The molecule has 0 bridgehead atoms. The van der Waals surface area contributed by atoms with E-state index in [1.165, 1.54) is 5.56 Å². The molecule has 1 atom stereocenters. The molecule has 0 aliphatic rings. The Morgan fingerprint density at radius 2 is 1.84 bits per heavy atom. The standard InChI is InChI=1S/C30H33N7O/c1-3-9-27(29-33-34-35-37(29)17-15-23-11-5-4-6-12-23)36(20-24-13-8-16-31-19-24)21-26-18-25-14-7-10-22(2)28(25)32-30(26)38/h4-8,10-14,16,18-19,27H,3,9,15,17,20-21H2,1-2H3,(H,32,38)/t27-/m1/s1. The number of hydrogen-bond donors (Lipinski definition) is 1. The van der Waals surface area contributed by atoms with Gasteiger partial charge in [-0.1, -0.05) is 67.9 Å². The molecule has 38 heavy (non-hydrogen) atoms. The minimum absolute atomic E-state index is 0.0677. The van der Waals surface area contributed by atoms with Gasteiger partial charge in [0.15, 0.2) is 5.82 Å². The molecular formula is C30H33N7O. The van der Waals surface area contributed by atoms with E-state index >= 15 is 0 Å². The van der Waals surface area contributed by atoms with Gasteiger partial charge < -0.3 is 4.98 Å². The third-order valence-corrected chi connectivity index (χ3v) is 6.96. The van der Waals surface area contributed by atoms with Crippen LogP contribution in [0.15, 0.2) is 83.9 Å². The minimum atomic E-state index is -0.0708. The number of aromatic amines is 1. The number of hydrogen-bond acceptors (Lipinski definition) is 6. The summed E-state index contributed by atoms with van der Waals surface area (Å²) in [5, 5.41) is 13.9. The maximum atomic E-state index is 13.2. The zero-order chi connectivity index (χ0) is 26.3. The Morgan fingerprint density at radius 3 is 2.63 bits per heavy atom. The molecule has 0 amide bonds. The fraction of sp³-hybridized carbons (Fsp3) is 0.300. The summed E-state index contributed by atoms with van der Waals surface area (Å²) in [6.45, 7) is 5.95. The summed E-state index contributed by atoms with van der Waals surface area (Å²) in [7, 11) is 0. The second-order valence-corrected chi connectivity index (χ2v) is 9.73. The van der Waals surface area contributed by atoms with Gasteiger partial charge in [-0.3, -0.25) is 14.7 Å². The predicted octanol–water partition coefficient (Wildman–Crippen LogP) is 5.00. The van der Waals surface area contributed by atoms with Crippen LogP contribution in [0.5, 0.6) is 0 Å². The topological polar surface area (TPSA) is 92.6 Å². The molecular weight excluding hydrogens is 474 g/mol. The van der Waals surface area contributed by atoms with Crippen LogP contribution in [-0.4, -0.2) is 35.1 Å². The summed E-state index contributed by atoms with van der Waals surface area (Å²) >= 11 is 0. The Bertz CT molecular complexity index is 1530. The lowest BCUT2D eigenvalue weighted by Gasteiger charge is -2.31. The summed E-state index contributed by atoms with van der Waals surface area (Å²) in [5.41, 5.74) is 4.91. The summed E-state index contributed by atoms with van der Waals surface area (Å²) < 4.78 is 1.91. The summed E-state index contributed by atoms with van der Waals surface area (Å²) in [6.07, 6.45) is 6.30. The Hall–Kier alpha value is -4.17. The molecule has 8 nitrogen and oxygen atoms in total. The van der Waals surface area contributed by atoms with Gasteiger partial charge in [0.25, 0.3) is 5.56 Å². The SMILES string of the molecule is CCC[C@H](c1nnnn1CCc1ccccc1)N(Cc1cccnc1)Cc1cc2cccc(C)c2[nH]c1=O. The van der Waals surface area contributed by atoms with Crippen molar-refractivity contribution in [2.45, 2.75) is 58.8 Å². The van der Waals surface area contributed by atoms with Gasteiger partial charge in [-0.15, -0.1) is 5.10 Å². The van der Waals surface area contributed by atoms with E-state index in [9.17, 15) is 4.79 Å². The number of aryl methyl sites for hydroxylation is 3. The second kappa shape index (κ2) is 11.9. The number of para-hydroxylation sites is 1. The number of tetrazole rings is 1. The van der Waals surface area contributed by atoms with Gasteiger partial charge in [0.2, 0.25) is 0 Å². The number of fused-ring (bicyclic) bond motifs is 1. The zero-order valence-electron chi connectivity index (χ0n) is 21.9. The van der Waals surface area contributed by atoms with Crippen LogP contribution in [0.25, 0.3) is 10.9 Å². The molecule has 5 aromatic rings. The monoisotopic (exact) mass is 507 g/mol. The summed E-state index contributed by atoms with van der Waals surface area (Å²) in [6, 6.07) is 22.4. The Morgan fingerprint density at radius 1 is 1.00 bits per heavy atom. The van der Waals surface area contributed by atoms with Gasteiger partial charge in [0.05, 0.1) is 11.6 Å². The van der Waals surface area contributed by atoms with Crippen LogP contribution in [0.1, 0.15) is 53.9 Å². The minimum Gasteiger partial charge on any atom is -0.321 e. The van der Waals surface area contributed by atoms with Crippen molar-refractivity contribution in [3.63, 3.8) is 0 Å². The number of nitrogens with zero attached hydrogens (tertiary/aromatic N) is 6. The molecule has 0 aliphatic carbocycles. The van der Waals surface area contributed by atoms with Gasteiger partial charge in [-0.25, -0.2) is 4.68 Å². The smallest absolute Gasteiger partial charge is 0.252 e. The molecule has 0 aliphatic heterocycles. The fourth-order valence-electron chi connectivity index (χ4n) is 5.00. The van der Waals surface area contributed by atoms with Crippen LogP contribution >= 0.6 is 0 Å². The zero-order valence-corrected chi connectivity index (χ0v) is 21.9. The van der Waals surface area contributed by atoms with E-state index in [0.29, 0.717) is 19.6 Å². The van der Waals surface area contributed by atoms with E-state index < -0.39 is 0 Å². The van der Waals surface area contributed by atoms with Crippen molar-refractivity contribution in [1.29, 1.82) is 0 Å². The van der Waals surface area contributed by atoms with Crippen LogP contribution in [0.4, 0.5) is 0 Å². The average molecular weight is 508 g/mol. The van der Waals surface area contributed by atoms with Crippen LogP contribution in [-0.2, 0) is 26.1 Å². The number of aromatic nitrogens is 6. The van der Waals surface area contributed by atoms with E-state index in [1.54, 1.807) is 6.20 Å². The molecule has 2 aromatic carbocycles. The highest BCUT2D eigenvalue weighted by Crippen LogP contribution is 2.28. The molecule has 3 heterocycles. The first-order chi connectivity index (χ1) is 18.6. The molecule has 5 rings (SSSR count). The first-order valence-electron chi connectivity index (χ1n) is 13.2. The van der Waals surface area contributed by atoms with E-state index in [-0.39, 0.29) is 11.6 Å². The molecule has 0 saturated heterocycles. The van der Waals surface area contributed by atoms with Crippen molar-refractivity contribution in [3.8, 4) is 0 Å². The summed E-state index contributed by atoms with van der Waals surface area (Å²) in [4.78, 5) is 23.0. The van der Waals surface area contributed by atoms with E-state index in [2.05, 4.69) is 55.5 Å². The van der Waals surface area contributed by atoms with Crippen molar-refractivity contribution in [2.75, 3.05) is 0 Å². The van der Waals surface area contributed by atoms with Crippen LogP contribution < -0.4 is 5.56 Å². The lowest BCUT2D eigenvalue weighted by Crippen LogP contribution is -2.33. The summed E-state index contributed by atoms with van der Waals surface area (Å²) in [5.74, 6) is 0.819. The van der Waals surface area contributed by atoms with Crippen molar-refractivity contribution in [1.82, 2.24) is 35.1 Å². The van der Waals surface area contributed by atoms with Gasteiger partial charge in [0.1, 0.15) is 0 Å². The lowest BCUT2D eigenvalue weighted by atomic mass is 10.0. The largest absolute Gasteiger partial charge is 0.321 e. The predicted molar refractivity (Wildman–Crippen MR) is 148 cm³/mol. The highest BCUT2D eigenvalue weighted by Gasteiger charge is 2.27. The Balaban J connectivity index is 1.49. The number of benzene rings is 2. The fourth-order valence-corrected chi connectivity index (χ4v) is 5.00. The quantitative estimate of drug-likeness (QED) is 0.270. The molecule has 0 spiro atoms. The van der Waals surface area contributed by atoms with Crippen molar-refractivity contribution < 1.29 is 0 Å². The van der Waals surface area contributed by atoms with Crippen LogP contribution in [0.2, 0.25) is 0 Å². The van der Waals surface area contributed by atoms with E-state index in [0.717, 1.165) is 52.7 Å². The van der Waals surface area contributed by atoms with Gasteiger partial charge in [-0.05, 0) is 64.4 Å². The van der Waals surface area contributed by atoms with Crippen LogP contribution in [0.3, 0.4) is 0 Å². The maximum Gasteiger partial charge on any atom is 0.252 e. The Kier molecular flexibility index (Phi) is 7.99. The molecule has 8 heteroatoms. The van der Waals surface area contributed by atoms with E-state index in [1.807, 2.05) is 66.3 Å². The molecule has 0 fully saturated rings. The highest BCUT2D eigenvalue weighted by atomic mass is 16.1. The molecule has 194 valence electrons. The van der Waals surface area contributed by atoms with Crippen LogP contribution in [0, 0.1) is 6.92 Å². The van der Waals surface area contributed by atoms with Crippen molar-refractivity contribution >= 4 is 10.9 Å². The van der Waals surface area contributed by atoms with Crippen molar-refractivity contribution in [3.05, 3.63) is 118 Å². The molecule has 0 saturated carbocycles. The van der Waals surface area contributed by atoms with E-state index in [4.69, 9.17) is 0 Å². The second-order valence-electron chi connectivity index (χ2n) is 9.73. The van der Waals surface area contributed by atoms with Gasteiger partial charge >= 0.3 is 0 Å². The number of nitrogens with one attached hydrogen (secondary N) is 1. The molecule has 1 N–H and O–H groups in total. The third kappa shape index (κ3) is 5.86. The maximum absolute atomic E-state index is 13.2. The Labute approximate surface area is 222 Å². The number of rotatable bonds is 11. The number of pyridine rings is 2. The normalized spacial score (nSPS) is 12.3. The first-order valence-corrected chi connectivity index (χ1v) is 13.2. The molecule has 0 unspecified atom stereocenters. The van der Waals surface area contributed by atoms with Gasteiger partial charge in [-0.2, -0.15) is 0 Å². The highest BCUT2D eigenvalue weighted by molar-refractivity contribution is 5.81.